The van der Waals surface area contributed by atoms with Gasteiger partial charge in [-0.15, -0.1) is 5.06 Å². The number of benzene rings is 2. The van der Waals surface area contributed by atoms with Crippen molar-refractivity contribution in [2.45, 2.75) is 32.3 Å². The molecule has 0 aliphatic carbocycles. The molecule has 0 spiro atoms. The summed E-state index contributed by atoms with van der Waals surface area (Å²) in [5, 5.41) is 0.940. The molecule has 3 rings (SSSR count). The summed E-state index contributed by atoms with van der Waals surface area (Å²) in [6.07, 6.45) is 1.57. The average Bonchev–Trinajstić information content (AvgIpc) is 2.59. The lowest BCUT2D eigenvalue weighted by Gasteiger charge is -2.31. The summed E-state index contributed by atoms with van der Waals surface area (Å²) in [6.45, 7) is 2.22. The van der Waals surface area contributed by atoms with Crippen LogP contribution in [-0.2, 0) is 16.2 Å². The molecule has 118 valence electrons. The first-order chi connectivity index (χ1) is 11.2. The number of hydroxylamine groups is 2. The molecule has 0 N–H and O–H groups in total. The monoisotopic (exact) mass is 309 g/mol. The Bertz CT molecular complexity index is 712. The number of nitrogens with zero attached hydrogens (tertiary/aromatic N) is 1. The zero-order valence-corrected chi connectivity index (χ0v) is 13.1. The fourth-order valence-corrected chi connectivity index (χ4v) is 2.88. The van der Waals surface area contributed by atoms with E-state index in [1.807, 2.05) is 55.5 Å². The molecule has 0 radical (unpaired) electrons. The van der Waals surface area contributed by atoms with E-state index in [1.165, 1.54) is 0 Å². The van der Waals surface area contributed by atoms with Crippen LogP contribution in [0.2, 0.25) is 0 Å². The van der Waals surface area contributed by atoms with Crippen LogP contribution in [0.25, 0.3) is 0 Å². The predicted octanol–water partition coefficient (Wildman–Crippen LogP) is 3.68. The third-order valence-electron chi connectivity index (χ3n) is 4.03. The van der Waals surface area contributed by atoms with Gasteiger partial charge in [-0.2, -0.15) is 0 Å². The lowest BCUT2D eigenvalue weighted by molar-refractivity contribution is -0.176. The molecule has 2 aromatic rings. The minimum Gasteiger partial charge on any atom is -0.271 e. The fraction of sp³-hybridized carbons (Fsp3) is 0.263. The lowest BCUT2D eigenvalue weighted by atomic mass is 9.86. The quantitative estimate of drug-likeness (QED) is 0.791. The summed E-state index contributed by atoms with van der Waals surface area (Å²) in [7, 11) is 0. The minimum atomic E-state index is -0.381. The van der Waals surface area contributed by atoms with Gasteiger partial charge >= 0.3 is 0 Å². The van der Waals surface area contributed by atoms with E-state index in [1.54, 1.807) is 6.07 Å². The van der Waals surface area contributed by atoms with E-state index in [9.17, 15) is 9.59 Å². The molecule has 2 aromatic carbocycles. The molecule has 0 aromatic heterocycles. The van der Waals surface area contributed by atoms with Crippen molar-refractivity contribution < 1.29 is 14.4 Å². The van der Waals surface area contributed by atoms with Crippen LogP contribution in [0.3, 0.4) is 0 Å². The molecule has 0 bridgehead atoms. The van der Waals surface area contributed by atoms with Crippen molar-refractivity contribution in [3.63, 3.8) is 0 Å². The van der Waals surface area contributed by atoms with Crippen molar-refractivity contribution in [2.24, 2.45) is 0 Å². The molecular weight excluding hydrogens is 290 g/mol. The second kappa shape index (κ2) is 6.75. The Hall–Kier alpha value is -2.46. The normalized spacial score (nSPS) is 17.3. The molecule has 1 heterocycles. The Balaban J connectivity index is 1.86. The largest absolute Gasteiger partial charge is 0.285 e. The minimum absolute atomic E-state index is 0.194. The smallest absolute Gasteiger partial charge is 0.271 e. The van der Waals surface area contributed by atoms with Crippen LogP contribution >= 0.6 is 0 Å². The Morgan fingerprint density at radius 2 is 1.70 bits per heavy atom. The maximum absolute atomic E-state index is 12.7. The van der Waals surface area contributed by atoms with Gasteiger partial charge in [0.25, 0.3) is 11.8 Å². The summed E-state index contributed by atoms with van der Waals surface area (Å²) < 4.78 is 0. The second-order valence-electron chi connectivity index (χ2n) is 5.63. The Kier molecular flexibility index (Phi) is 4.53. The van der Waals surface area contributed by atoms with Crippen LogP contribution in [0.1, 0.15) is 47.2 Å². The molecule has 1 aliphatic heterocycles. The summed E-state index contributed by atoms with van der Waals surface area (Å²) >= 11 is 0. The van der Waals surface area contributed by atoms with Crippen LogP contribution < -0.4 is 0 Å². The van der Waals surface area contributed by atoms with Gasteiger partial charge in [0.1, 0.15) is 6.61 Å². The number of rotatable bonds is 5. The van der Waals surface area contributed by atoms with Crippen molar-refractivity contribution >= 4 is 11.8 Å². The number of carbonyl (C=O) groups excluding carboxylic acids is 2. The van der Waals surface area contributed by atoms with Gasteiger partial charge in [0, 0.05) is 5.56 Å². The fourth-order valence-electron chi connectivity index (χ4n) is 2.88. The van der Waals surface area contributed by atoms with Crippen molar-refractivity contribution in [2.75, 3.05) is 0 Å². The molecule has 0 fully saturated rings. The number of amides is 2. The predicted molar refractivity (Wildman–Crippen MR) is 86.5 cm³/mol. The van der Waals surface area contributed by atoms with E-state index in [0.29, 0.717) is 12.0 Å². The first-order valence-corrected chi connectivity index (χ1v) is 7.86. The van der Waals surface area contributed by atoms with Gasteiger partial charge in [-0.05, 0) is 23.6 Å². The van der Waals surface area contributed by atoms with Gasteiger partial charge in [0.2, 0.25) is 0 Å². The molecule has 1 atom stereocenters. The van der Waals surface area contributed by atoms with Gasteiger partial charge < -0.3 is 0 Å². The maximum Gasteiger partial charge on any atom is 0.285 e. The summed E-state index contributed by atoms with van der Waals surface area (Å²) in [4.78, 5) is 30.8. The van der Waals surface area contributed by atoms with E-state index in [2.05, 4.69) is 0 Å². The van der Waals surface area contributed by atoms with E-state index < -0.39 is 0 Å². The third-order valence-corrected chi connectivity index (χ3v) is 4.03. The summed E-state index contributed by atoms with van der Waals surface area (Å²) in [5.74, 6) is -0.968. The topological polar surface area (TPSA) is 46.6 Å². The van der Waals surface area contributed by atoms with Crippen molar-refractivity contribution in [1.82, 2.24) is 5.06 Å². The Labute approximate surface area is 135 Å². The van der Waals surface area contributed by atoms with Crippen molar-refractivity contribution in [3.8, 4) is 0 Å². The number of carbonyl (C=O) groups is 2. The SMILES string of the molecule is CCCC1C(=O)N(OCc2ccccc2)C(=O)c2ccccc21. The van der Waals surface area contributed by atoms with Gasteiger partial charge in [0.05, 0.1) is 5.92 Å². The third kappa shape index (κ3) is 3.03. The molecule has 1 aliphatic rings. The van der Waals surface area contributed by atoms with Gasteiger partial charge in [-0.3, -0.25) is 14.4 Å². The number of imide groups is 1. The van der Waals surface area contributed by atoms with Crippen LogP contribution in [0.5, 0.6) is 0 Å². The highest BCUT2D eigenvalue weighted by atomic mass is 16.7. The average molecular weight is 309 g/mol. The van der Waals surface area contributed by atoms with Crippen LogP contribution in [-0.4, -0.2) is 16.9 Å². The number of hydrogen-bond donors (Lipinski definition) is 0. The Morgan fingerprint density at radius 1 is 1.00 bits per heavy atom. The number of hydrogen-bond acceptors (Lipinski definition) is 3. The molecule has 2 amide bonds. The Morgan fingerprint density at radius 3 is 2.43 bits per heavy atom. The molecule has 0 saturated carbocycles. The van der Waals surface area contributed by atoms with Crippen molar-refractivity contribution in [1.29, 1.82) is 0 Å². The molecule has 4 nitrogen and oxygen atoms in total. The first-order valence-electron chi connectivity index (χ1n) is 7.86. The molecule has 0 saturated heterocycles. The second-order valence-corrected chi connectivity index (χ2v) is 5.63. The zero-order chi connectivity index (χ0) is 16.2. The molecule has 1 unspecified atom stereocenters. The van der Waals surface area contributed by atoms with Crippen molar-refractivity contribution in [3.05, 3.63) is 71.3 Å². The van der Waals surface area contributed by atoms with Crippen LogP contribution in [0, 0.1) is 0 Å². The first kappa shape index (κ1) is 15.4. The van der Waals surface area contributed by atoms with E-state index in [4.69, 9.17) is 4.84 Å². The molecule has 4 heteroatoms. The zero-order valence-electron chi connectivity index (χ0n) is 13.1. The van der Waals surface area contributed by atoms with Gasteiger partial charge in [-0.1, -0.05) is 61.9 Å². The lowest BCUT2D eigenvalue weighted by Crippen LogP contribution is -2.44. The van der Waals surface area contributed by atoms with Gasteiger partial charge in [-0.25, -0.2) is 0 Å². The number of fused-ring (bicyclic) bond motifs is 1. The highest BCUT2D eigenvalue weighted by Crippen LogP contribution is 2.32. The molecule has 23 heavy (non-hydrogen) atoms. The highest BCUT2D eigenvalue weighted by molar-refractivity contribution is 6.10. The molecular formula is C19H19NO3. The standard InChI is InChI=1S/C19H19NO3/c1-2-8-16-15-11-6-7-12-17(15)19(22)20(18(16)21)23-13-14-9-4-3-5-10-14/h3-7,9-12,16H,2,8,13H2,1H3. The summed E-state index contributed by atoms with van der Waals surface area (Å²) in [6, 6.07) is 16.8. The summed E-state index contributed by atoms with van der Waals surface area (Å²) in [5.41, 5.74) is 2.28. The van der Waals surface area contributed by atoms with E-state index >= 15 is 0 Å². The van der Waals surface area contributed by atoms with Gasteiger partial charge in [0.15, 0.2) is 0 Å². The van der Waals surface area contributed by atoms with E-state index in [-0.39, 0.29) is 24.3 Å². The van der Waals surface area contributed by atoms with Crippen LogP contribution in [0.4, 0.5) is 0 Å². The maximum atomic E-state index is 12.7. The van der Waals surface area contributed by atoms with E-state index in [0.717, 1.165) is 22.6 Å². The van der Waals surface area contributed by atoms with Crippen LogP contribution in [0.15, 0.2) is 54.6 Å². The highest BCUT2D eigenvalue weighted by Gasteiger charge is 2.39.